The van der Waals surface area contributed by atoms with E-state index in [-0.39, 0.29) is 0 Å². The van der Waals surface area contributed by atoms with Gasteiger partial charge in [-0.1, -0.05) is 82.4 Å². The maximum Gasteiger partial charge on any atom is 0.125 e. The summed E-state index contributed by atoms with van der Waals surface area (Å²) < 4.78 is 11.4. The summed E-state index contributed by atoms with van der Waals surface area (Å²) in [6, 6.07) is 15.4. The Kier molecular flexibility index (Phi) is 15.6. The van der Waals surface area contributed by atoms with Gasteiger partial charge in [0.2, 0.25) is 0 Å². The van der Waals surface area contributed by atoms with Crippen molar-refractivity contribution in [3.05, 3.63) is 59.7 Å². The molecular formula is C26H40I2N2O3. The van der Waals surface area contributed by atoms with Gasteiger partial charge in [0.05, 0.1) is 13.7 Å². The Morgan fingerprint density at radius 1 is 0.939 bits per heavy atom. The fraction of sp³-hybridized carbons (Fsp3) is 0.538. The van der Waals surface area contributed by atoms with Crippen LogP contribution < -0.4 is 9.47 Å². The van der Waals surface area contributed by atoms with Crippen LogP contribution in [0.4, 0.5) is 0 Å². The Labute approximate surface area is 228 Å². The lowest BCUT2D eigenvalue weighted by molar-refractivity contribution is 0.0736. The number of halogens is 2. The number of likely N-dealkylation sites (N-methyl/N-ethyl adjacent to an activating group) is 1. The van der Waals surface area contributed by atoms with E-state index in [0.717, 1.165) is 56.0 Å². The summed E-state index contributed by atoms with van der Waals surface area (Å²) in [5, 5.41) is 11.4. The maximum atomic E-state index is 11.4. The summed E-state index contributed by atoms with van der Waals surface area (Å²) >= 11 is 4.30. The van der Waals surface area contributed by atoms with Gasteiger partial charge >= 0.3 is 0 Å². The predicted octanol–water partition coefficient (Wildman–Crippen LogP) is 5.46. The molecule has 0 aliphatic carbocycles. The van der Waals surface area contributed by atoms with E-state index in [1.165, 1.54) is 0 Å². The van der Waals surface area contributed by atoms with E-state index in [0.29, 0.717) is 18.8 Å². The molecule has 0 saturated carbocycles. The average molecular weight is 682 g/mol. The first-order valence-corrected chi connectivity index (χ1v) is 15.6. The van der Waals surface area contributed by atoms with Crippen LogP contribution in [-0.2, 0) is 5.60 Å². The molecule has 1 N–H and O–H groups in total. The number of rotatable bonds is 9. The lowest BCUT2D eigenvalue weighted by Gasteiger charge is -2.32. The smallest absolute Gasteiger partial charge is 0.125 e. The molecule has 5 nitrogen and oxygen atoms in total. The Morgan fingerprint density at radius 2 is 1.55 bits per heavy atom. The quantitative estimate of drug-likeness (QED) is 0.217. The molecule has 0 spiro atoms. The number of hydrogen-bond acceptors (Lipinski definition) is 5. The molecule has 0 bridgehead atoms. The first-order chi connectivity index (χ1) is 16.1. The number of para-hydroxylation sites is 1. The number of ether oxygens (including phenoxy) is 2. The van der Waals surface area contributed by atoms with Crippen LogP contribution in [0.1, 0.15) is 30.9 Å². The van der Waals surface area contributed by atoms with Gasteiger partial charge in [-0.3, -0.25) is 0 Å². The molecule has 33 heavy (non-hydrogen) atoms. The monoisotopic (exact) mass is 682 g/mol. The summed E-state index contributed by atoms with van der Waals surface area (Å²) in [6.45, 7) is 8.35. The molecule has 186 valence electrons. The second-order valence-corrected chi connectivity index (χ2v) is 7.79. The second-order valence-electron chi connectivity index (χ2n) is 7.79. The molecule has 1 unspecified atom stereocenters. The van der Waals surface area contributed by atoms with Crippen molar-refractivity contribution in [3.8, 4) is 11.5 Å². The highest BCUT2D eigenvalue weighted by molar-refractivity contribution is 14.1. The number of piperazine rings is 1. The molecule has 0 radical (unpaired) electrons. The lowest BCUT2D eigenvalue weighted by Crippen LogP contribution is -2.44. The number of hydrogen-bond donors (Lipinski definition) is 1. The number of nitrogens with zero attached hydrogens (tertiary/aromatic N) is 2. The van der Waals surface area contributed by atoms with Crippen molar-refractivity contribution < 1.29 is 14.6 Å². The summed E-state index contributed by atoms with van der Waals surface area (Å²) in [5.41, 5.74) is 0.534. The molecule has 1 saturated heterocycles. The average Bonchev–Trinajstić information content (AvgIpc) is 2.90. The first-order valence-electron chi connectivity index (χ1n) is 11.3. The Morgan fingerprint density at radius 3 is 2.12 bits per heavy atom. The van der Waals surface area contributed by atoms with Gasteiger partial charge in [0.15, 0.2) is 0 Å². The van der Waals surface area contributed by atoms with E-state index in [1.807, 2.05) is 65.3 Å². The van der Waals surface area contributed by atoms with Crippen molar-refractivity contribution >= 4 is 45.2 Å². The van der Waals surface area contributed by atoms with Crippen LogP contribution >= 0.6 is 45.2 Å². The molecule has 0 aromatic heterocycles. The van der Waals surface area contributed by atoms with Gasteiger partial charge < -0.3 is 24.4 Å². The molecule has 1 fully saturated rings. The van der Waals surface area contributed by atoms with E-state index >= 15 is 0 Å². The minimum absolute atomic E-state index is 0.554. The SMILES string of the molecule is CCC(O)(c1ccc(OCCCN2CCN(C)CC2)cc1)c1ccccc1OC.CI.CI. The summed E-state index contributed by atoms with van der Waals surface area (Å²) in [7, 11) is 3.81. The zero-order valence-corrected chi connectivity index (χ0v) is 25.0. The predicted molar refractivity (Wildman–Crippen MR) is 157 cm³/mol. The van der Waals surface area contributed by atoms with Crippen molar-refractivity contribution in [2.45, 2.75) is 25.4 Å². The number of alkyl halides is 2. The molecule has 1 atom stereocenters. The van der Waals surface area contributed by atoms with Crippen LogP contribution in [0.5, 0.6) is 11.5 Å². The minimum Gasteiger partial charge on any atom is -0.496 e. The number of methoxy groups -OCH3 is 1. The van der Waals surface area contributed by atoms with E-state index in [4.69, 9.17) is 9.47 Å². The fourth-order valence-electron chi connectivity index (χ4n) is 3.91. The Hall–Kier alpha value is -0.620. The van der Waals surface area contributed by atoms with Crippen molar-refractivity contribution in [2.75, 3.05) is 63.3 Å². The van der Waals surface area contributed by atoms with Gasteiger partial charge in [0.25, 0.3) is 0 Å². The highest BCUT2D eigenvalue weighted by Gasteiger charge is 2.32. The van der Waals surface area contributed by atoms with Gasteiger partial charge in [0, 0.05) is 38.3 Å². The maximum absolute atomic E-state index is 11.4. The van der Waals surface area contributed by atoms with Crippen LogP contribution in [0.25, 0.3) is 0 Å². The van der Waals surface area contributed by atoms with Crippen molar-refractivity contribution in [1.29, 1.82) is 0 Å². The molecule has 1 heterocycles. The van der Waals surface area contributed by atoms with E-state index < -0.39 is 5.60 Å². The largest absolute Gasteiger partial charge is 0.496 e. The topological polar surface area (TPSA) is 45.2 Å². The molecule has 0 amide bonds. The van der Waals surface area contributed by atoms with Crippen LogP contribution in [-0.4, -0.2) is 78.3 Å². The standard InChI is InChI=1S/C24H34N2O3.2CH3I/c1-4-24(27,22-8-5-6-9-23(22)28-3)20-10-12-21(13-11-20)29-19-7-14-26-17-15-25(2)16-18-26;2*1-2/h5-6,8-13,27H,4,7,14-19H2,1-3H3;2*1H3. The molecule has 2 aromatic carbocycles. The van der Waals surface area contributed by atoms with Crippen molar-refractivity contribution in [1.82, 2.24) is 9.80 Å². The van der Waals surface area contributed by atoms with Gasteiger partial charge in [-0.2, -0.15) is 0 Å². The van der Waals surface area contributed by atoms with Crippen LogP contribution in [0.15, 0.2) is 48.5 Å². The Bertz CT molecular complexity index is 768. The summed E-state index contributed by atoms with van der Waals surface area (Å²) in [6.07, 6.45) is 1.57. The third-order valence-corrected chi connectivity index (χ3v) is 5.88. The second kappa shape index (κ2) is 16.9. The lowest BCUT2D eigenvalue weighted by atomic mass is 9.83. The zero-order chi connectivity index (χ0) is 24.7. The number of aliphatic hydroxyl groups is 1. The normalized spacial score (nSPS) is 15.9. The number of benzene rings is 2. The van der Waals surface area contributed by atoms with Crippen molar-refractivity contribution in [2.24, 2.45) is 0 Å². The highest BCUT2D eigenvalue weighted by atomic mass is 127. The van der Waals surface area contributed by atoms with Gasteiger partial charge in [-0.25, -0.2) is 0 Å². The fourth-order valence-corrected chi connectivity index (χ4v) is 3.91. The van der Waals surface area contributed by atoms with Crippen LogP contribution in [0, 0.1) is 0 Å². The highest BCUT2D eigenvalue weighted by Crippen LogP contribution is 2.38. The zero-order valence-electron chi connectivity index (χ0n) is 20.7. The molecular weight excluding hydrogens is 642 g/mol. The third-order valence-electron chi connectivity index (χ3n) is 5.88. The minimum atomic E-state index is -1.09. The first kappa shape index (κ1) is 30.4. The van der Waals surface area contributed by atoms with E-state index in [2.05, 4.69) is 62.0 Å². The third kappa shape index (κ3) is 9.16. The van der Waals surface area contributed by atoms with Gasteiger partial charge in [-0.15, -0.1) is 0 Å². The molecule has 1 aliphatic rings. The van der Waals surface area contributed by atoms with Crippen LogP contribution in [0.2, 0.25) is 0 Å². The molecule has 2 aromatic rings. The molecule has 1 aliphatic heterocycles. The summed E-state index contributed by atoms with van der Waals surface area (Å²) in [4.78, 5) is 8.81. The van der Waals surface area contributed by atoms with E-state index in [1.54, 1.807) is 7.11 Å². The molecule has 3 rings (SSSR count). The summed E-state index contributed by atoms with van der Waals surface area (Å²) in [5.74, 6) is 1.53. The van der Waals surface area contributed by atoms with Gasteiger partial charge in [0.1, 0.15) is 17.1 Å². The molecule has 7 heteroatoms. The van der Waals surface area contributed by atoms with Gasteiger partial charge in [-0.05, 0) is 53.5 Å². The van der Waals surface area contributed by atoms with Crippen LogP contribution in [0.3, 0.4) is 0 Å². The Balaban J connectivity index is 0.00000129. The van der Waals surface area contributed by atoms with E-state index in [9.17, 15) is 5.11 Å². The van der Waals surface area contributed by atoms with Crippen molar-refractivity contribution in [3.63, 3.8) is 0 Å².